The quantitative estimate of drug-likeness (QED) is 0.895. The third kappa shape index (κ3) is 3.53. The van der Waals surface area contributed by atoms with Crippen LogP contribution in [0.1, 0.15) is 45.1 Å². The zero-order chi connectivity index (χ0) is 14.6. The molecule has 0 radical (unpaired) electrons. The molecule has 1 N–H and O–H groups in total. The average molecular weight is 275 g/mol. The molecule has 1 fully saturated rings. The SMILES string of the molecule is COc1ccc(C(C)(C)CNC(=O)C2CCCC2)cc1. The maximum absolute atomic E-state index is 12.1. The van der Waals surface area contributed by atoms with Gasteiger partial charge in [-0.1, -0.05) is 38.8 Å². The lowest BCUT2D eigenvalue weighted by atomic mass is 9.84. The summed E-state index contributed by atoms with van der Waals surface area (Å²) in [7, 11) is 1.67. The Morgan fingerprint density at radius 3 is 2.40 bits per heavy atom. The normalized spacial score (nSPS) is 16.1. The zero-order valence-electron chi connectivity index (χ0n) is 12.7. The molecule has 0 aromatic heterocycles. The summed E-state index contributed by atoms with van der Waals surface area (Å²) in [4.78, 5) is 12.1. The molecular formula is C17H25NO2. The van der Waals surface area contributed by atoms with Crippen molar-refractivity contribution in [3.63, 3.8) is 0 Å². The van der Waals surface area contributed by atoms with Crippen LogP contribution < -0.4 is 10.1 Å². The summed E-state index contributed by atoms with van der Waals surface area (Å²) >= 11 is 0. The van der Waals surface area contributed by atoms with Crippen molar-refractivity contribution in [2.45, 2.75) is 44.9 Å². The second kappa shape index (κ2) is 6.29. The van der Waals surface area contributed by atoms with Crippen LogP contribution in [0, 0.1) is 5.92 Å². The molecule has 1 aliphatic carbocycles. The molecule has 1 aromatic carbocycles. The second-order valence-electron chi connectivity index (χ2n) is 6.31. The Balaban J connectivity index is 1.93. The van der Waals surface area contributed by atoms with Gasteiger partial charge in [0.25, 0.3) is 0 Å². The van der Waals surface area contributed by atoms with Crippen molar-refractivity contribution < 1.29 is 9.53 Å². The summed E-state index contributed by atoms with van der Waals surface area (Å²) in [6.45, 7) is 4.99. The lowest BCUT2D eigenvalue weighted by Gasteiger charge is -2.26. The van der Waals surface area contributed by atoms with Crippen molar-refractivity contribution in [2.24, 2.45) is 5.92 Å². The van der Waals surface area contributed by atoms with Crippen molar-refractivity contribution in [3.05, 3.63) is 29.8 Å². The fourth-order valence-electron chi connectivity index (χ4n) is 2.78. The smallest absolute Gasteiger partial charge is 0.223 e. The van der Waals surface area contributed by atoms with Crippen LogP contribution in [-0.4, -0.2) is 19.6 Å². The van der Waals surface area contributed by atoms with Crippen LogP contribution >= 0.6 is 0 Å². The summed E-state index contributed by atoms with van der Waals surface area (Å²) < 4.78 is 5.18. The minimum Gasteiger partial charge on any atom is -0.497 e. The van der Waals surface area contributed by atoms with E-state index in [1.165, 1.54) is 18.4 Å². The number of rotatable bonds is 5. The van der Waals surface area contributed by atoms with Gasteiger partial charge in [-0.3, -0.25) is 4.79 Å². The van der Waals surface area contributed by atoms with Crippen molar-refractivity contribution in [1.82, 2.24) is 5.32 Å². The van der Waals surface area contributed by atoms with Gasteiger partial charge in [0.1, 0.15) is 5.75 Å². The Labute approximate surface area is 121 Å². The molecule has 0 atom stereocenters. The number of benzene rings is 1. The largest absolute Gasteiger partial charge is 0.497 e. The number of nitrogens with one attached hydrogen (secondary N) is 1. The third-order valence-corrected chi connectivity index (χ3v) is 4.30. The molecule has 0 heterocycles. The first kappa shape index (κ1) is 14.9. The molecule has 0 bridgehead atoms. The number of ether oxygens (including phenoxy) is 1. The Morgan fingerprint density at radius 1 is 1.25 bits per heavy atom. The molecular weight excluding hydrogens is 250 g/mol. The molecule has 1 aliphatic rings. The highest BCUT2D eigenvalue weighted by atomic mass is 16.5. The highest BCUT2D eigenvalue weighted by molar-refractivity contribution is 5.79. The minimum atomic E-state index is -0.0689. The standard InChI is InChI=1S/C17H25NO2/c1-17(2,14-8-10-15(20-3)11-9-14)12-18-16(19)13-6-4-5-7-13/h8-11,13H,4-7,12H2,1-3H3,(H,18,19). The Hall–Kier alpha value is -1.51. The van der Waals surface area contributed by atoms with Gasteiger partial charge < -0.3 is 10.1 Å². The van der Waals surface area contributed by atoms with E-state index in [0.29, 0.717) is 6.54 Å². The summed E-state index contributed by atoms with van der Waals surface area (Å²) in [6, 6.07) is 8.08. The van der Waals surface area contributed by atoms with Gasteiger partial charge in [0, 0.05) is 17.9 Å². The summed E-state index contributed by atoms with van der Waals surface area (Å²) in [6.07, 6.45) is 4.49. The Morgan fingerprint density at radius 2 is 1.85 bits per heavy atom. The van der Waals surface area contributed by atoms with Gasteiger partial charge in [-0.05, 0) is 30.5 Å². The van der Waals surface area contributed by atoms with Crippen molar-refractivity contribution in [3.8, 4) is 5.75 Å². The number of amides is 1. The lowest BCUT2D eigenvalue weighted by molar-refractivity contribution is -0.125. The van der Waals surface area contributed by atoms with Gasteiger partial charge >= 0.3 is 0 Å². The molecule has 20 heavy (non-hydrogen) atoms. The number of hydrogen-bond acceptors (Lipinski definition) is 2. The molecule has 3 heteroatoms. The van der Waals surface area contributed by atoms with E-state index < -0.39 is 0 Å². The number of carbonyl (C=O) groups excluding carboxylic acids is 1. The van der Waals surface area contributed by atoms with Crippen molar-refractivity contribution >= 4 is 5.91 Å². The number of carbonyl (C=O) groups is 1. The van der Waals surface area contributed by atoms with E-state index in [4.69, 9.17) is 4.74 Å². The van der Waals surface area contributed by atoms with Gasteiger partial charge in [0.15, 0.2) is 0 Å². The van der Waals surface area contributed by atoms with E-state index in [2.05, 4.69) is 31.3 Å². The van der Waals surface area contributed by atoms with Gasteiger partial charge in [-0.25, -0.2) is 0 Å². The van der Waals surface area contributed by atoms with Crippen LogP contribution in [-0.2, 0) is 10.2 Å². The van der Waals surface area contributed by atoms with Crippen LogP contribution in [0.2, 0.25) is 0 Å². The molecule has 0 unspecified atom stereocenters. The van der Waals surface area contributed by atoms with Crippen molar-refractivity contribution in [2.75, 3.05) is 13.7 Å². The number of hydrogen-bond donors (Lipinski definition) is 1. The van der Waals surface area contributed by atoms with Crippen LogP contribution in [0.5, 0.6) is 5.75 Å². The maximum atomic E-state index is 12.1. The fraction of sp³-hybridized carbons (Fsp3) is 0.588. The topological polar surface area (TPSA) is 38.3 Å². The summed E-state index contributed by atoms with van der Waals surface area (Å²) in [5.74, 6) is 1.32. The fourth-order valence-corrected chi connectivity index (χ4v) is 2.78. The van der Waals surface area contributed by atoms with Crippen LogP contribution in [0.4, 0.5) is 0 Å². The highest BCUT2D eigenvalue weighted by Crippen LogP contribution is 2.27. The Bertz CT molecular complexity index is 445. The predicted octanol–water partition coefficient (Wildman–Crippen LogP) is 3.28. The Kier molecular flexibility index (Phi) is 4.69. The third-order valence-electron chi connectivity index (χ3n) is 4.30. The molecule has 1 saturated carbocycles. The maximum Gasteiger partial charge on any atom is 0.223 e. The molecule has 0 saturated heterocycles. The van der Waals surface area contributed by atoms with E-state index in [1.54, 1.807) is 7.11 Å². The zero-order valence-corrected chi connectivity index (χ0v) is 12.7. The summed E-state index contributed by atoms with van der Waals surface area (Å²) in [5.41, 5.74) is 1.14. The molecule has 1 amide bonds. The monoisotopic (exact) mass is 275 g/mol. The van der Waals surface area contributed by atoms with Crippen LogP contribution in [0.25, 0.3) is 0 Å². The van der Waals surface area contributed by atoms with Gasteiger partial charge in [-0.2, -0.15) is 0 Å². The molecule has 110 valence electrons. The van der Waals surface area contributed by atoms with E-state index in [9.17, 15) is 4.79 Å². The first-order valence-corrected chi connectivity index (χ1v) is 7.45. The average Bonchev–Trinajstić information content (AvgIpc) is 2.99. The van der Waals surface area contributed by atoms with E-state index >= 15 is 0 Å². The summed E-state index contributed by atoms with van der Waals surface area (Å²) in [5, 5.41) is 3.12. The van der Waals surface area contributed by atoms with Gasteiger partial charge in [-0.15, -0.1) is 0 Å². The van der Waals surface area contributed by atoms with Gasteiger partial charge in [0.2, 0.25) is 5.91 Å². The highest BCUT2D eigenvalue weighted by Gasteiger charge is 2.26. The van der Waals surface area contributed by atoms with E-state index in [-0.39, 0.29) is 17.2 Å². The molecule has 3 nitrogen and oxygen atoms in total. The predicted molar refractivity (Wildman–Crippen MR) is 81.0 cm³/mol. The van der Waals surface area contributed by atoms with Crippen molar-refractivity contribution in [1.29, 1.82) is 0 Å². The molecule has 1 aromatic rings. The van der Waals surface area contributed by atoms with Crippen LogP contribution in [0.3, 0.4) is 0 Å². The van der Waals surface area contributed by atoms with E-state index in [1.807, 2.05) is 12.1 Å². The first-order valence-electron chi connectivity index (χ1n) is 7.45. The lowest BCUT2D eigenvalue weighted by Crippen LogP contribution is -2.39. The van der Waals surface area contributed by atoms with E-state index in [0.717, 1.165) is 18.6 Å². The molecule has 0 aliphatic heterocycles. The first-order chi connectivity index (χ1) is 9.53. The second-order valence-corrected chi connectivity index (χ2v) is 6.31. The molecule has 0 spiro atoms. The van der Waals surface area contributed by atoms with Gasteiger partial charge in [0.05, 0.1) is 7.11 Å². The molecule has 2 rings (SSSR count). The van der Waals surface area contributed by atoms with Crippen LogP contribution in [0.15, 0.2) is 24.3 Å². The number of methoxy groups -OCH3 is 1. The minimum absolute atomic E-state index is 0.0689.